The van der Waals surface area contributed by atoms with Gasteiger partial charge in [0.1, 0.15) is 5.75 Å². The van der Waals surface area contributed by atoms with Crippen molar-refractivity contribution in [2.45, 2.75) is 78.6 Å². The lowest BCUT2D eigenvalue weighted by atomic mass is 9.45. The third-order valence-electron chi connectivity index (χ3n) is 9.76. The Balaban J connectivity index is 1.41. The van der Waals surface area contributed by atoms with Crippen molar-refractivity contribution in [2.24, 2.45) is 34.5 Å². The molecule has 0 unspecified atom stereocenters. The Bertz CT molecular complexity index is 837. The summed E-state index contributed by atoms with van der Waals surface area (Å²) in [4.78, 5) is 13.6. The second-order valence-corrected chi connectivity index (χ2v) is 11.1. The normalized spacial score (nSPS) is 41.8. The highest BCUT2D eigenvalue weighted by Gasteiger charge is 2.60. The molecule has 162 valence electrons. The Morgan fingerprint density at radius 2 is 1.80 bits per heavy atom. The maximum Gasteiger partial charge on any atom is 0.165 e. The van der Waals surface area contributed by atoms with Crippen LogP contribution in [-0.4, -0.2) is 12.4 Å². The van der Waals surface area contributed by atoms with Crippen molar-refractivity contribution in [1.82, 2.24) is 0 Å². The van der Waals surface area contributed by atoms with Crippen LogP contribution in [0, 0.1) is 34.5 Å². The average molecular weight is 407 g/mol. The number of rotatable bonds is 3. The predicted molar refractivity (Wildman–Crippen MR) is 122 cm³/mol. The molecule has 2 heteroatoms. The van der Waals surface area contributed by atoms with Crippen molar-refractivity contribution in [2.75, 3.05) is 6.61 Å². The smallest absolute Gasteiger partial charge is 0.165 e. The monoisotopic (exact) mass is 406 g/mol. The van der Waals surface area contributed by atoms with E-state index in [-0.39, 0.29) is 5.41 Å². The van der Waals surface area contributed by atoms with Crippen molar-refractivity contribution >= 4 is 11.9 Å². The number of Topliss-reactive ketones (excluding diaryl/α,β-unsaturated/α-hetero) is 1. The molecule has 4 aliphatic carbocycles. The summed E-state index contributed by atoms with van der Waals surface area (Å²) in [5.41, 5.74) is 2.61. The van der Waals surface area contributed by atoms with Gasteiger partial charge >= 0.3 is 0 Å². The molecule has 0 N–H and O–H groups in total. The number of ketones is 1. The molecule has 5 rings (SSSR count). The number of carbonyl (C=O) groups excluding carboxylic acids is 1. The summed E-state index contributed by atoms with van der Waals surface area (Å²) < 4.78 is 5.57. The van der Waals surface area contributed by atoms with Crippen LogP contribution < -0.4 is 4.74 Å². The molecule has 1 aromatic carbocycles. The van der Waals surface area contributed by atoms with Crippen LogP contribution in [0.25, 0.3) is 6.08 Å². The Labute approximate surface area is 182 Å². The Morgan fingerprint density at radius 1 is 1.00 bits per heavy atom. The van der Waals surface area contributed by atoms with E-state index in [1.807, 2.05) is 19.1 Å². The lowest BCUT2D eigenvalue weighted by molar-refractivity contribution is -0.137. The zero-order valence-corrected chi connectivity index (χ0v) is 19.1. The van der Waals surface area contributed by atoms with Gasteiger partial charge in [-0.1, -0.05) is 38.8 Å². The summed E-state index contributed by atoms with van der Waals surface area (Å²) in [5.74, 6) is 4.42. The largest absolute Gasteiger partial charge is 0.494 e. The Kier molecular flexibility index (Phi) is 5.11. The highest BCUT2D eigenvalue weighted by Crippen LogP contribution is 2.66. The maximum absolute atomic E-state index is 13.6. The SMILES string of the molecule is CCOc1ccc(/C=C2\C[C@H]3[C@@H]4CC[C@H]5CCCC[C@]5(C)[C@H]4CC[C@]3(C)C2=O)cc1. The summed E-state index contributed by atoms with van der Waals surface area (Å²) in [5, 5.41) is 0. The minimum atomic E-state index is -0.129. The van der Waals surface area contributed by atoms with Gasteiger partial charge in [-0.2, -0.15) is 0 Å². The number of benzene rings is 1. The van der Waals surface area contributed by atoms with Crippen LogP contribution in [0.15, 0.2) is 29.8 Å². The first-order valence-corrected chi connectivity index (χ1v) is 12.4. The molecule has 0 radical (unpaired) electrons. The fourth-order valence-corrected chi connectivity index (χ4v) is 8.12. The summed E-state index contributed by atoms with van der Waals surface area (Å²) in [6.07, 6.45) is 14.0. The number of allylic oxidation sites excluding steroid dienone is 1. The molecule has 4 aliphatic rings. The number of carbonyl (C=O) groups is 1. The van der Waals surface area contributed by atoms with E-state index >= 15 is 0 Å². The summed E-state index contributed by atoms with van der Waals surface area (Å²) in [6.45, 7) is 7.60. The number of hydrogen-bond donors (Lipinski definition) is 0. The third-order valence-corrected chi connectivity index (χ3v) is 9.76. The molecule has 30 heavy (non-hydrogen) atoms. The second-order valence-electron chi connectivity index (χ2n) is 11.1. The first-order valence-electron chi connectivity index (χ1n) is 12.4. The van der Waals surface area contributed by atoms with Crippen molar-refractivity contribution in [3.63, 3.8) is 0 Å². The van der Waals surface area contributed by atoms with E-state index in [9.17, 15) is 4.79 Å². The van der Waals surface area contributed by atoms with Gasteiger partial charge in [-0.3, -0.25) is 4.79 Å². The van der Waals surface area contributed by atoms with Crippen LogP contribution in [0.4, 0.5) is 0 Å². The van der Waals surface area contributed by atoms with E-state index in [0.29, 0.717) is 23.7 Å². The first-order chi connectivity index (χ1) is 14.5. The molecule has 2 nitrogen and oxygen atoms in total. The summed E-state index contributed by atoms with van der Waals surface area (Å²) in [6, 6.07) is 8.22. The predicted octanol–water partition coefficient (Wildman–Crippen LogP) is 7.08. The standard InChI is InChI=1S/C28H38O2/c1-4-30-22-11-8-19(9-12-22)17-20-18-25-23-13-10-21-7-5-6-15-27(21,2)24(23)14-16-28(25,3)26(20)29/h8-9,11-12,17,21,23-25H,4-7,10,13-16,18H2,1-3H3/b20-17+/t21-,23-,24+,25+,27+,28+/m1/s1. The van der Waals surface area contributed by atoms with E-state index in [1.54, 1.807) is 0 Å². The maximum atomic E-state index is 13.6. The first kappa shape index (κ1) is 20.3. The molecule has 4 saturated carbocycles. The van der Waals surface area contributed by atoms with Crippen molar-refractivity contribution < 1.29 is 9.53 Å². The number of hydrogen-bond acceptors (Lipinski definition) is 2. The van der Waals surface area contributed by atoms with E-state index < -0.39 is 0 Å². The van der Waals surface area contributed by atoms with Gasteiger partial charge in [0.2, 0.25) is 0 Å². The fourth-order valence-electron chi connectivity index (χ4n) is 8.12. The van der Waals surface area contributed by atoms with Crippen LogP contribution in [0.1, 0.15) is 84.1 Å². The minimum Gasteiger partial charge on any atom is -0.494 e. The van der Waals surface area contributed by atoms with E-state index in [0.717, 1.165) is 47.5 Å². The van der Waals surface area contributed by atoms with Crippen LogP contribution >= 0.6 is 0 Å². The number of ether oxygens (including phenoxy) is 1. The molecule has 0 aliphatic heterocycles. The molecule has 0 aromatic heterocycles. The molecular formula is C28H38O2. The van der Waals surface area contributed by atoms with Gasteiger partial charge in [-0.25, -0.2) is 0 Å². The summed E-state index contributed by atoms with van der Waals surface area (Å²) >= 11 is 0. The molecule has 0 spiro atoms. The van der Waals surface area contributed by atoms with Crippen molar-refractivity contribution in [3.05, 3.63) is 35.4 Å². The third kappa shape index (κ3) is 3.09. The Hall–Kier alpha value is -1.57. The van der Waals surface area contributed by atoms with Crippen molar-refractivity contribution in [3.8, 4) is 5.75 Å². The zero-order chi connectivity index (χ0) is 20.9. The molecule has 0 heterocycles. The van der Waals surface area contributed by atoms with Crippen molar-refractivity contribution in [1.29, 1.82) is 0 Å². The zero-order valence-electron chi connectivity index (χ0n) is 19.1. The highest BCUT2D eigenvalue weighted by molar-refractivity contribution is 6.05. The van der Waals surface area contributed by atoms with Crippen LogP contribution in [0.3, 0.4) is 0 Å². The number of fused-ring (bicyclic) bond motifs is 5. The molecule has 0 bridgehead atoms. The molecule has 1 aromatic rings. The van der Waals surface area contributed by atoms with Crippen LogP contribution in [-0.2, 0) is 4.79 Å². The van der Waals surface area contributed by atoms with Gasteiger partial charge in [0.05, 0.1) is 6.61 Å². The topological polar surface area (TPSA) is 26.3 Å². The lowest BCUT2D eigenvalue weighted by Crippen LogP contribution is -2.52. The highest BCUT2D eigenvalue weighted by atomic mass is 16.5. The minimum absolute atomic E-state index is 0.129. The van der Waals surface area contributed by atoms with E-state index in [1.165, 1.54) is 44.9 Å². The molecule has 0 saturated heterocycles. The molecule has 0 amide bonds. The van der Waals surface area contributed by atoms with E-state index in [2.05, 4.69) is 32.1 Å². The van der Waals surface area contributed by atoms with Crippen LogP contribution in [0.2, 0.25) is 0 Å². The Morgan fingerprint density at radius 3 is 2.57 bits per heavy atom. The van der Waals surface area contributed by atoms with E-state index in [4.69, 9.17) is 4.74 Å². The van der Waals surface area contributed by atoms with Gasteiger partial charge < -0.3 is 4.74 Å². The van der Waals surface area contributed by atoms with Gasteiger partial charge in [-0.05, 0) is 110 Å². The average Bonchev–Trinajstić information content (AvgIpc) is 3.00. The summed E-state index contributed by atoms with van der Waals surface area (Å²) in [7, 11) is 0. The molecule has 6 atom stereocenters. The van der Waals surface area contributed by atoms with Gasteiger partial charge in [-0.15, -0.1) is 0 Å². The second kappa shape index (κ2) is 7.53. The fraction of sp³-hybridized carbons (Fsp3) is 0.679. The van der Waals surface area contributed by atoms with Gasteiger partial charge in [0, 0.05) is 5.41 Å². The molecular weight excluding hydrogens is 368 g/mol. The van der Waals surface area contributed by atoms with Gasteiger partial charge in [0.25, 0.3) is 0 Å². The molecule has 4 fully saturated rings. The quantitative estimate of drug-likeness (QED) is 0.501. The van der Waals surface area contributed by atoms with Gasteiger partial charge in [0.15, 0.2) is 5.78 Å². The lowest BCUT2D eigenvalue weighted by Gasteiger charge is -2.59. The van der Waals surface area contributed by atoms with Crippen LogP contribution in [0.5, 0.6) is 5.75 Å².